The number of unbranched alkanes of at least 4 members (excludes halogenated alkanes) is 4. The average Bonchev–Trinajstić information content (AvgIpc) is 2.58. The molecule has 3 N–H and O–H groups in total. The number of benzene rings is 1. The minimum Gasteiger partial charge on any atom is -0.469 e. The molecule has 5 nitrogen and oxygen atoms in total. The first-order valence-corrected chi connectivity index (χ1v) is 8.37. The summed E-state index contributed by atoms with van der Waals surface area (Å²) < 4.78 is 4.60. The van der Waals surface area contributed by atoms with Crippen LogP contribution in [0, 0.1) is 0 Å². The van der Waals surface area contributed by atoms with E-state index in [1.165, 1.54) is 12.7 Å². The largest absolute Gasteiger partial charge is 0.469 e. The number of ether oxygens (including phenoxy) is 1. The Hall–Kier alpha value is -1.31. The van der Waals surface area contributed by atoms with E-state index in [4.69, 9.17) is 5.73 Å². The van der Waals surface area contributed by atoms with Gasteiger partial charge in [-0.2, -0.15) is 0 Å². The minimum atomic E-state index is -0.121. The van der Waals surface area contributed by atoms with E-state index < -0.39 is 0 Å². The van der Waals surface area contributed by atoms with Gasteiger partial charge in [-0.1, -0.05) is 49.6 Å². The van der Waals surface area contributed by atoms with E-state index in [1.54, 1.807) is 0 Å². The number of carbonyl (C=O) groups excluding carboxylic acids is 1. The van der Waals surface area contributed by atoms with Gasteiger partial charge in [-0.25, -0.2) is 0 Å². The molecular formula is C18H30IN3O2. The van der Waals surface area contributed by atoms with Gasteiger partial charge in [-0.05, 0) is 24.8 Å². The maximum Gasteiger partial charge on any atom is 0.305 e. The van der Waals surface area contributed by atoms with Crippen LogP contribution in [0.2, 0.25) is 0 Å². The van der Waals surface area contributed by atoms with Gasteiger partial charge in [0.1, 0.15) is 0 Å². The van der Waals surface area contributed by atoms with Crippen LogP contribution in [0.3, 0.4) is 0 Å². The summed E-state index contributed by atoms with van der Waals surface area (Å²) in [4.78, 5) is 15.3. The summed E-state index contributed by atoms with van der Waals surface area (Å²) in [5.74, 6) is 0.399. The molecule has 0 aliphatic heterocycles. The molecule has 0 spiro atoms. The Morgan fingerprint density at radius 3 is 2.50 bits per heavy atom. The Kier molecular flexibility index (Phi) is 14.4. The SMILES string of the molecule is COC(=O)CCCCCCCN=C(N)NCCc1ccccc1.I. The second-order valence-corrected chi connectivity index (χ2v) is 5.52. The van der Waals surface area contributed by atoms with Crippen LogP contribution in [0.4, 0.5) is 0 Å². The average molecular weight is 447 g/mol. The van der Waals surface area contributed by atoms with Crippen LogP contribution in [0.1, 0.15) is 44.1 Å². The van der Waals surface area contributed by atoms with Crippen molar-refractivity contribution in [3.05, 3.63) is 35.9 Å². The number of nitrogens with zero attached hydrogens (tertiary/aromatic N) is 1. The highest BCUT2D eigenvalue weighted by Gasteiger charge is 1.99. The van der Waals surface area contributed by atoms with Crippen LogP contribution in [-0.2, 0) is 16.0 Å². The molecular weight excluding hydrogens is 417 g/mol. The van der Waals surface area contributed by atoms with E-state index >= 15 is 0 Å². The molecule has 0 aliphatic carbocycles. The first-order valence-electron chi connectivity index (χ1n) is 8.37. The normalized spacial score (nSPS) is 10.8. The number of hydrogen-bond acceptors (Lipinski definition) is 3. The van der Waals surface area contributed by atoms with Crippen molar-refractivity contribution in [3.63, 3.8) is 0 Å². The predicted octanol–water partition coefficient (Wildman–Crippen LogP) is 3.27. The number of halogens is 1. The van der Waals surface area contributed by atoms with Gasteiger partial charge in [0.25, 0.3) is 0 Å². The fourth-order valence-electron chi connectivity index (χ4n) is 2.25. The lowest BCUT2D eigenvalue weighted by Crippen LogP contribution is -2.33. The summed E-state index contributed by atoms with van der Waals surface area (Å²) in [6.07, 6.45) is 6.68. The Morgan fingerprint density at radius 1 is 1.12 bits per heavy atom. The van der Waals surface area contributed by atoms with Gasteiger partial charge >= 0.3 is 5.97 Å². The number of esters is 1. The fourth-order valence-corrected chi connectivity index (χ4v) is 2.25. The Morgan fingerprint density at radius 2 is 1.79 bits per heavy atom. The Bertz CT molecular complexity index is 467. The van der Waals surface area contributed by atoms with Gasteiger partial charge in [-0.15, -0.1) is 24.0 Å². The summed E-state index contributed by atoms with van der Waals surface area (Å²) in [5.41, 5.74) is 7.13. The van der Waals surface area contributed by atoms with E-state index in [2.05, 4.69) is 27.2 Å². The summed E-state index contributed by atoms with van der Waals surface area (Å²) >= 11 is 0. The maximum atomic E-state index is 10.9. The lowest BCUT2D eigenvalue weighted by Gasteiger charge is -2.06. The molecule has 24 heavy (non-hydrogen) atoms. The van der Waals surface area contributed by atoms with Crippen LogP contribution in [0.25, 0.3) is 0 Å². The van der Waals surface area contributed by atoms with Crippen LogP contribution < -0.4 is 11.1 Å². The maximum absolute atomic E-state index is 10.9. The number of hydrogen-bond donors (Lipinski definition) is 2. The van der Waals surface area contributed by atoms with Crippen molar-refractivity contribution in [2.45, 2.75) is 44.9 Å². The quantitative estimate of drug-likeness (QED) is 0.180. The van der Waals surface area contributed by atoms with Crippen LogP contribution in [0.5, 0.6) is 0 Å². The van der Waals surface area contributed by atoms with Crippen LogP contribution >= 0.6 is 24.0 Å². The Labute approximate surface area is 162 Å². The molecule has 0 fully saturated rings. The van der Waals surface area contributed by atoms with Crippen molar-refractivity contribution in [1.82, 2.24) is 5.32 Å². The second-order valence-electron chi connectivity index (χ2n) is 5.52. The van der Waals surface area contributed by atoms with Crippen LogP contribution in [-0.4, -0.2) is 32.1 Å². The first kappa shape index (κ1) is 22.7. The van der Waals surface area contributed by atoms with Crippen molar-refractivity contribution in [3.8, 4) is 0 Å². The number of rotatable bonds is 11. The molecule has 0 atom stereocenters. The third kappa shape index (κ3) is 12.2. The van der Waals surface area contributed by atoms with Crippen LogP contribution in [0.15, 0.2) is 35.3 Å². The first-order chi connectivity index (χ1) is 11.2. The number of aliphatic imine (C=N–C) groups is 1. The molecule has 1 aromatic rings. The predicted molar refractivity (Wildman–Crippen MR) is 110 cm³/mol. The van der Waals surface area contributed by atoms with Crippen molar-refractivity contribution >= 4 is 35.9 Å². The number of nitrogens with two attached hydrogens (primary N) is 1. The molecule has 0 bridgehead atoms. The van der Waals surface area contributed by atoms with Gasteiger partial charge in [-0.3, -0.25) is 9.79 Å². The third-order valence-electron chi connectivity index (χ3n) is 3.61. The molecule has 1 rings (SSSR count). The van der Waals surface area contributed by atoms with E-state index in [0.717, 1.165) is 51.6 Å². The molecule has 0 saturated carbocycles. The standard InChI is InChI=1S/C18H29N3O2.HI/c1-23-17(22)12-8-3-2-4-9-14-20-18(19)21-15-13-16-10-6-5-7-11-16;/h5-7,10-11H,2-4,8-9,12-15H2,1H3,(H3,19,20,21);1H. The minimum absolute atomic E-state index is 0. The molecule has 136 valence electrons. The highest BCUT2D eigenvalue weighted by molar-refractivity contribution is 14.0. The zero-order valence-electron chi connectivity index (χ0n) is 14.5. The zero-order valence-corrected chi connectivity index (χ0v) is 16.8. The van der Waals surface area contributed by atoms with Gasteiger partial charge in [0.15, 0.2) is 5.96 Å². The van der Waals surface area contributed by atoms with Crippen molar-refractivity contribution < 1.29 is 9.53 Å². The van der Waals surface area contributed by atoms with Gasteiger partial charge in [0, 0.05) is 19.5 Å². The van der Waals surface area contributed by atoms with Gasteiger partial charge in [0.2, 0.25) is 0 Å². The summed E-state index contributed by atoms with van der Waals surface area (Å²) in [7, 11) is 1.43. The molecule has 0 unspecified atom stereocenters. The molecule has 0 radical (unpaired) electrons. The molecule has 0 heterocycles. The van der Waals surface area contributed by atoms with E-state index in [9.17, 15) is 4.79 Å². The van der Waals surface area contributed by atoms with Crippen molar-refractivity contribution in [2.75, 3.05) is 20.2 Å². The topological polar surface area (TPSA) is 76.7 Å². The Balaban J connectivity index is 0.00000529. The van der Waals surface area contributed by atoms with Crippen molar-refractivity contribution in [2.24, 2.45) is 10.7 Å². The second kappa shape index (κ2) is 15.2. The fraction of sp³-hybridized carbons (Fsp3) is 0.556. The van der Waals surface area contributed by atoms with E-state index in [-0.39, 0.29) is 29.9 Å². The van der Waals surface area contributed by atoms with Crippen molar-refractivity contribution in [1.29, 1.82) is 0 Å². The van der Waals surface area contributed by atoms with Gasteiger partial charge in [0.05, 0.1) is 7.11 Å². The molecule has 0 aromatic heterocycles. The molecule has 0 saturated heterocycles. The highest BCUT2D eigenvalue weighted by atomic mass is 127. The summed E-state index contributed by atoms with van der Waals surface area (Å²) in [5, 5.41) is 3.14. The number of methoxy groups -OCH3 is 1. The lowest BCUT2D eigenvalue weighted by molar-refractivity contribution is -0.140. The molecule has 0 amide bonds. The molecule has 0 aliphatic rings. The molecule has 6 heteroatoms. The monoisotopic (exact) mass is 447 g/mol. The lowest BCUT2D eigenvalue weighted by atomic mass is 10.1. The van der Waals surface area contributed by atoms with Gasteiger partial charge < -0.3 is 15.8 Å². The third-order valence-corrected chi connectivity index (χ3v) is 3.61. The molecule has 1 aromatic carbocycles. The highest BCUT2D eigenvalue weighted by Crippen LogP contribution is 2.06. The van der Waals surface area contributed by atoms with E-state index in [0.29, 0.717) is 12.4 Å². The smallest absolute Gasteiger partial charge is 0.305 e. The number of guanidine groups is 1. The summed E-state index contributed by atoms with van der Waals surface area (Å²) in [6.45, 7) is 1.55. The number of nitrogens with one attached hydrogen (secondary N) is 1. The number of carbonyl (C=O) groups is 1. The zero-order chi connectivity index (χ0) is 16.8. The summed E-state index contributed by atoms with van der Waals surface area (Å²) in [6, 6.07) is 10.3. The van der Waals surface area contributed by atoms with E-state index in [1.807, 2.05) is 18.2 Å².